The van der Waals surface area contributed by atoms with E-state index in [1.54, 1.807) is 17.0 Å². The van der Waals surface area contributed by atoms with Gasteiger partial charge in [-0.25, -0.2) is 0 Å². The lowest BCUT2D eigenvalue weighted by Gasteiger charge is -2.18. The minimum absolute atomic E-state index is 0.126. The largest absolute Gasteiger partial charge is 0.338 e. The van der Waals surface area contributed by atoms with Gasteiger partial charge in [-0.05, 0) is 30.7 Å². The highest BCUT2D eigenvalue weighted by molar-refractivity contribution is 5.98. The van der Waals surface area contributed by atoms with Gasteiger partial charge in [-0.2, -0.15) is 0 Å². The molecule has 2 aliphatic rings. The van der Waals surface area contributed by atoms with Crippen LogP contribution in [0.2, 0.25) is 0 Å². The van der Waals surface area contributed by atoms with Crippen LogP contribution in [0.1, 0.15) is 23.2 Å². The van der Waals surface area contributed by atoms with Gasteiger partial charge in [0.2, 0.25) is 0 Å². The number of likely N-dealkylation sites (tertiary alicyclic amines) is 1. The molecule has 0 unspecified atom stereocenters. The van der Waals surface area contributed by atoms with Crippen LogP contribution in [0, 0.1) is 22.0 Å². The molecule has 3 rings (SSSR count). The van der Waals surface area contributed by atoms with Crippen molar-refractivity contribution in [3.05, 3.63) is 39.9 Å². The smallest absolute Gasteiger partial charge is 0.282 e. The molecule has 0 bridgehead atoms. The molecule has 106 valence electrons. The summed E-state index contributed by atoms with van der Waals surface area (Å²) in [5, 5.41) is 11.0. The molecule has 1 aliphatic heterocycles. The number of fused-ring (bicyclic) bond motifs is 1. The van der Waals surface area contributed by atoms with Crippen LogP contribution in [-0.2, 0) is 0 Å². The van der Waals surface area contributed by atoms with Crippen LogP contribution in [0.25, 0.3) is 0 Å². The molecular weight excluding hydrogens is 258 g/mol. The van der Waals surface area contributed by atoms with E-state index in [0.717, 1.165) is 12.8 Å². The van der Waals surface area contributed by atoms with E-state index in [4.69, 9.17) is 5.73 Å². The van der Waals surface area contributed by atoms with E-state index in [1.807, 2.05) is 0 Å². The van der Waals surface area contributed by atoms with Gasteiger partial charge in [0.1, 0.15) is 5.56 Å². The Hall–Kier alpha value is -1.95. The summed E-state index contributed by atoms with van der Waals surface area (Å²) in [6, 6.07) is 6.28. The van der Waals surface area contributed by atoms with Crippen LogP contribution in [-0.4, -0.2) is 34.9 Å². The molecule has 1 saturated heterocycles. The molecule has 1 aromatic carbocycles. The Kier molecular flexibility index (Phi) is 3.17. The molecule has 20 heavy (non-hydrogen) atoms. The average Bonchev–Trinajstić information content (AvgIpc) is 3.00. The molecule has 1 aromatic rings. The van der Waals surface area contributed by atoms with Gasteiger partial charge in [-0.1, -0.05) is 12.1 Å². The Bertz CT molecular complexity index is 560. The third kappa shape index (κ3) is 2.06. The molecule has 3 atom stereocenters. The zero-order chi connectivity index (χ0) is 14.3. The van der Waals surface area contributed by atoms with Crippen LogP contribution >= 0.6 is 0 Å². The quantitative estimate of drug-likeness (QED) is 0.652. The van der Waals surface area contributed by atoms with E-state index in [-0.39, 0.29) is 23.2 Å². The van der Waals surface area contributed by atoms with Gasteiger partial charge in [0.15, 0.2) is 0 Å². The first-order valence-corrected chi connectivity index (χ1v) is 6.86. The second-order valence-electron chi connectivity index (χ2n) is 5.65. The highest BCUT2D eigenvalue weighted by Crippen LogP contribution is 2.38. The number of nitrogens with zero attached hydrogens (tertiary/aromatic N) is 2. The van der Waals surface area contributed by atoms with Crippen molar-refractivity contribution in [3.63, 3.8) is 0 Å². The SMILES string of the molecule is N[C@@H]1CC[C@H]2CN(C(=O)c3ccccc3[N+](=O)[O-])C[C@@H]21. The van der Waals surface area contributed by atoms with Crippen LogP contribution in [0.4, 0.5) is 5.69 Å². The number of benzene rings is 1. The normalized spacial score (nSPS) is 28.4. The van der Waals surface area contributed by atoms with Crippen LogP contribution in [0.5, 0.6) is 0 Å². The topological polar surface area (TPSA) is 89.5 Å². The molecule has 1 amide bonds. The lowest BCUT2D eigenvalue weighted by molar-refractivity contribution is -0.385. The van der Waals surface area contributed by atoms with Gasteiger partial charge in [-0.3, -0.25) is 14.9 Å². The summed E-state index contributed by atoms with van der Waals surface area (Å²) in [5.74, 6) is 0.553. The van der Waals surface area contributed by atoms with Crippen molar-refractivity contribution in [2.75, 3.05) is 13.1 Å². The fraction of sp³-hybridized carbons (Fsp3) is 0.500. The van der Waals surface area contributed by atoms with Crippen LogP contribution < -0.4 is 5.73 Å². The summed E-state index contributed by atoms with van der Waals surface area (Å²) in [7, 11) is 0. The minimum Gasteiger partial charge on any atom is -0.338 e. The van der Waals surface area contributed by atoms with E-state index >= 15 is 0 Å². The van der Waals surface area contributed by atoms with Crippen molar-refractivity contribution < 1.29 is 9.72 Å². The number of rotatable bonds is 2. The molecule has 0 radical (unpaired) electrons. The zero-order valence-electron chi connectivity index (χ0n) is 11.1. The average molecular weight is 275 g/mol. The number of nitro benzene ring substituents is 1. The van der Waals surface area contributed by atoms with Gasteiger partial charge in [0.05, 0.1) is 4.92 Å². The summed E-state index contributed by atoms with van der Waals surface area (Å²) in [6.45, 7) is 1.29. The molecule has 2 fully saturated rings. The molecule has 0 spiro atoms. The van der Waals surface area contributed by atoms with E-state index in [2.05, 4.69) is 0 Å². The van der Waals surface area contributed by atoms with Gasteiger partial charge < -0.3 is 10.6 Å². The Morgan fingerprint density at radius 1 is 1.30 bits per heavy atom. The number of hydrogen-bond acceptors (Lipinski definition) is 4. The van der Waals surface area contributed by atoms with Gasteiger partial charge >= 0.3 is 0 Å². The van der Waals surface area contributed by atoms with Crippen LogP contribution in [0.3, 0.4) is 0 Å². The maximum absolute atomic E-state index is 12.5. The molecule has 0 aromatic heterocycles. The minimum atomic E-state index is -0.504. The fourth-order valence-electron chi connectivity index (χ4n) is 3.46. The number of amides is 1. The van der Waals surface area contributed by atoms with Gasteiger partial charge in [0, 0.05) is 25.2 Å². The molecule has 1 saturated carbocycles. The lowest BCUT2D eigenvalue weighted by Crippen LogP contribution is -2.33. The Labute approximate surface area is 116 Å². The van der Waals surface area contributed by atoms with Crippen molar-refractivity contribution in [2.45, 2.75) is 18.9 Å². The Morgan fingerprint density at radius 3 is 2.75 bits per heavy atom. The van der Waals surface area contributed by atoms with E-state index in [1.165, 1.54) is 12.1 Å². The first-order chi connectivity index (χ1) is 9.58. The van der Waals surface area contributed by atoms with Crippen molar-refractivity contribution in [1.29, 1.82) is 0 Å². The van der Waals surface area contributed by atoms with Crippen molar-refractivity contribution in [1.82, 2.24) is 4.90 Å². The Balaban J connectivity index is 1.83. The summed E-state index contributed by atoms with van der Waals surface area (Å²) in [6.07, 6.45) is 2.06. The monoisotopic (exact) mass is 275 g/mol. The summed E-state index contributed by atoms with van der Waals surface area (Å²) < 4.78 is 0. The summed E-state index contributed by atoms with van der Waals surface area (Å²) in [4.78, 5) is 24.7. The molecule has 6 heteroatoms. The molecular formula is C14H17N3O3. The van der Waals surface area contributed by atoms with Gasteiger partial charge in [-0.15, -0.1) is 0 Å². The van der Waals surface area contributed by atoms with Crippen molar-refractivity contribution in [2.24, 2.45) is 17.6 Å². The number of carbonyl (C=O) groups excluding carboxylic acids is 1. The predicted molar refractivity (Wildman–Crippen MR) is 73.2 cm³/mol. The number of hydrogen-bond donors (Lipinski definition) is 1. The summed E-state index contributed by atoms with van der Waals surface area (Å²) >= 11 is 0. The maximum atomic E-state index is 12.5. The molecule has 2 N–H and O–H groups in total. The number of carbonyl (C=O) groups is 1. The molecule has 1 aliphatic carbocycles. The van der Waals surface area contributed by atoms with Crippen LogP contribution in [0.15, 0.2) is 24.3 Å². The van der Waals surface area contributed by atoms with E-state index in [0.29, 0.717) is 24.9 Å². The van der Waals surface area contributed by atoms with Crippen molar-refractivity contribution in [3.8, 4) is 0 Å². The number of nitro groups is 1. The highest BCUT2D eigenvalue weighted by atomic mass is 16.6. The zero-order valence-corrected chi connectivity index (χ0v) is 11.1. The molecule has 1 heterocycles. The highest BCUT2D eigenvalue weighted by Gasteiger charge is 2.43. The fourth-order valence-corrected chi connectivity index (χ4v) is 3.46. The Morgan fingerprint density at radius 2 is 2.05 bits per heavy atom. The first-order valence-electron chi connectivity index (χ1n) is 6.86. The molecule has 6 nitrogen and oxygen atoms in total. The standard InChI is InChI=1S/C14H17N3O3/c15-12-6-5-9-7-16(8-11(9)12)14(18)10-3-1-2-4-13(10)17(19)20/h1-4,9,11-12H,5-8,15H2/t9-,11-,12+/m0/s1. The van der Waals surface area contributed by atoms with Gasteiger partial charge in [0.25, 0.3) is 11.6 Å². The third-order valence-electron chi connectivity index (χ3n) is 4.53. The lowest BCUT2D eigenvalue weighted by atomic mass is 9.98. The van der Waals surface area contributed by atoms with E-state index < -0.39 is 4.92 Å². The van der Waals surface area contributed by atoms with Crippen molar-refractivity contribution >= 4 is 11.6 Å². The predicted octanol–water partition coefficient (Wildman–Crippen LogP) is 1.40. The summed E-state index contributed by atoms with van der Waals surface area (Å²) in [5.41, 5.74) is 6.10. The van der Waals surface area contributed by atoms with E-state index in [9.17, 15) is 14.9 Å². The number of para-hydroxylation sites is 1. The third-order valence-corrected chi connectivity index (χ3v) is 4.53. The number of nitrogens with two attached hydrogens (primary N) is 1. The first kappa shape index (κ1) is 13.1. The second-order valence-corrected chi connectivity index (χ2v) is 5.65. The maximum Gasteiger partial charge on any atom is 0.282 e. The second kappa shape index (κ2) is 4.86.